The van der Waals surface area contributed by atoms with Gasteiger partial charge in [-0.25, -0.2) is 4.90 Å². The predicted octanol–water partition coefficient (Wildman–Crippen LogP) is 1.64. The molecule has 1 aliphatic rings. The molecule has 0 spiro atoms. The molecule has 1 heterocycles. The molecule has 6 nitrogen and oxygen atoms in total. The zero-order valence-corrected chi connectivity index (χ0v) is 14.7. The molecule has 7 heteroatoms. The van der Waals surface area contributed by atoms with Crippen molar-refractivity contribution in [1.82, 2.24) is 0 Å². The van der Waals surface area contributed by atoms with Crippen LogP contribution in [0, 0.1) is 0 Å². The first-order valence-electron chi connectivity index (χ1n) is 7.40. The summed E-state index contributed by atoms with van der Waals surface area (Å²) in [6.07, 6.45) is 0. The van der Waals surface area contributed by atoms with Crippen LogP contribution in [0.2, 0.25) is 6.55 Å². The Morgan fingerprint density at radius 2 is 1.50 bits per heavy atom. The molecule has 124 valence electrons. The maximum atomic E-state index is 12.6. The van der Waals surface area contributed by atoms with Crippen LogP contribution in [0.1, 0.15) is 20.7 Å². The quantitative estimate of drug-likeness (QED) is 0.519. The van der Waals surface area contributed by atoms with Gasteiger partial charge >= 0.3 is 8.56 Å². The van der Waals surface area contributed by atoms with Crippen LogP contribution < -0.4 is 15.8 Å². The number of nitrogens with two attached hydrogens (primary N) is 1. The number of carbonyl (C=O) groups is 2. The lowest BCUT2D eigenvalue weighted by Gasteiger charge is -2.23. The maximum absolute atomic E-state index is 12.6. The first kappa shape index (κ1) is 16.4. The van der Waals surface area contributed by atoms with E-state index in [9.17, 15) is 9.59 Å². The van der Waals surface area contributed by atoms with Gasteiger partial charge in [0.25, 0.3) is 11.8 Å². The number of nitrogens with zero attached hydrogens (tertiary/aromatic N) is 1. The van der Waals surface area contributed by atoms with Gasteiger partial charge in [-0.15, -0.1) is 0 Å². The van der Waals surface area contributed by atoms with Gasteiger partial charge in [-0.05, 0) is 42.1 Å². The van der Waals surface area contributed by atoms with Crippen LogP contribution in [0.3, 0.4) is 0 Å². The number of anilines is 2. The average molecular weight is 342 g/mol. The number of imide groups is 1. The Labute approximate surface area is 141 Å². The number of fused-ring (bicyclic) bond motifs is 1. The first-order chi connectivity index (χ1) is 11.4. The highest BCUT2D eigenvalue weighted by Gasteiger charge is 2.37. The van der Waals surface area contributed by atoms with E-state index < -0.39 is 8.56 Å². The van der Waals surface area contributed by atoms with Crippen LogP contribution in [0.25, 0.3) is 0 Å². The van der Waals surface area contributed by atoms with Gasteiger partial charge < -0.3 is 14.6 Å². The number of carbonyl (C=O) groups excluding carboxylic acids is 2. The highest BCUT2D eigenvalue weighted by atomic mass is 28.4. The number of hydrogen-bond donors (Lipinski definition) is 1. The van der Waals surface area contributed by atoms with Crippen LogP contribution >= 0.6 is 0 Å². The van der Waals surface area contributed by atoms with Gasteiger partial charge in [0.15, 0.2) is 0 Å². The van der Waals surface area contributed by atoms with E-state index in [0.717, 1.165) is 10.1 Å². The van der Waals surface area contributed by atoms with Gasteiger partial charge in [-0.3, -0.25) is 9.59 Å². The molecular formula is C17H18N2O4Si. The number of hydrogen-bond acceptors (Lipinski definition) is 5. The fourth-order valence-electron chi connectivity index (χ4n) is 2.73. The zero-order valence-electron chi connectivity index (χ0n) is 13.7. The summed E-state index contributed by atoms with van der Waals surface area (Å²) in [5, 5.41) is 0.914. The molecular weight excluding hydrogens is 324 g/mol. The van der Waals surface area contributed by atoms with E-state index >= 15 is 0 Å². The predicted molar refractivity (Wildman–Crippen MR) is 93.7 cm³/mol. The van der Waals surface area contributed by atoms with Gasteiger partial charge in [-0.1, -0.05) is 12.1 Å². The van der Waals surface area contributed by atoms with Crippen molar-refractivity contribution in [3.05, 3.63) is 53.6 Å². The van der Waals surface area contributed by atoms with Crippen molar-refractivity contribution in [1.29, 1.82) is 0 Å². The molecule has 0 aliphatic carbocycles. The second-order valence-corrected chi connectivity index (χ2v) is 8.94. The lowest BCUT2D eigenvalue weighted by atomic mass is 10.1. The summed E-state index contributed by atoms with van der Waals surface area (Å²) in [5.41, 5.74) is 7.37. The summed E-state index contributed by atoms with van der Waals surface area (Å²) in [6.45, 7) is 1.92. The van der Waals surface area contributed by atoms with Gasteiger partial charge in [-0.2, -0.15) is 0 Å². The second-order valence-electron chi connectivity index (χ2n) is 5.65. The summed E-state index contributed by atoms with van der Waals surface area (Å²) in [5.74, 6) is -0.713. The Hall–Kier alpha value is -2.48. The minimum Gasteiger partial charge on any atom is -0.399 e. The summed E-state index contributed by atoms with van der Waals surface area (Å²) < 4.78 is 11.0. The Morgan fingerprint density at radius 1 is 0.917 bits per heavy atom. The van der Waals surface area contributed by atoms with E-state index in [4.69, 9.17) is 14.6 Å². The molecule has 3 rings (SSSR count). The third-order valence-corrected chi connectivity index (χ3v) is 7.28. The number of nitrogen functional groups attached to an aromatic ring is 1. The van der Waals surface area contributed by atoms with Crippen LogP contribution in [0.15, 0.2) is 42.5 Å². The molecule has 2 amide bonds. The van der Waals surface area contributed by atoms with Crippen molar-refractivity contribution in [3.8, 4) is 0 Å². The fraction of sp³-hybridized carbons (Fsp3) is 0.176. The van der Waals surface area contributed by atoms with Gasteiger partial charge in [0.1, 0.15) is 0 Å². The second kappa shape index (κ2) is 5.86. The third kappa shape index (κ3) is 2.43. The average Bonchev–Trinajstić information content (AvgIpc) is 2.85. The number of benzene rings is 2. The molecule has 2 aromatic rings. The van der Waals surface area contributed by atoms with Gasteiger partial charge in [0.2, 0.25) is 0 Å². The highest BCUT2D eigenvalue weighted by Crippen LogP contribution is 2.29. The van der Waals surface area contributed by atoms with E-state index in [1.165, 1.54) is 6.07 Å². The summed E-state index contributed by atoms with van der Waals surface area (Å²) >= 11 is 0. The smallest absolute Gasteiger partial charge is 0.368 e. The molecule has 0 bridgehead atoms. The Morgan fingerprint density at radius 3 is 2.08 bits per heavy atom. The van der Waals surface area contributed by atoms with E-state index in [1.54, 1.807) is 38.5 Å². The topological polar surface area (TPSA) is 81.9 Å². The van der Waals surface area contributed by atoms with Gasteiger partial charge in [0, 0.05) is 19.9 Å². The summed E-state index contributed by atoms with van der Waals surface area (Å²) in [4.78, 5) is 26.3. The van der Waals surface area contributed by atoms with Crippen molar-refractivity contribution in [3.63, 3.8) is 0 Å². The molecule has 24 heavy (non-hydrogen) atoms. The van der Waals surface area contributed by atoms with Crippen LogP contribution in [-0.2, 0) is 8.85 Å². The molecule has 1 aliphatic heterocycles. The molecule has 2 aromatic carbocycles. The van der Waals surface area contributed by atoms with E-state index in [2.05, 4.69) is 0 Å². The minimum atomic E-state index is -2.45. The van der Waals surface area contributed by atoms with E-state index in [1.807, 2.05) is 18.7 Å². The fourth-order valence-corrected chi connectivity index (χ4v) is 4.14. The number of amides is 2. The SMILES string of the molecule is CO[Si](C)(OC)c1ccc(N2C(=O)c3ccc(N)cc3C2=O)cc1. The van der Waals surface area contributed by atoms with Crippen molar-refractivity contribution < 1.29 is 18.4 Å². The molecule has 0 aromatic heterocycles. The first-order valence-corrected chi connectivity index (χ1v) is 9.72. The Balaban J connectivity index is 1.96. The highest BCUT2D eigenvalue weighted by molar-refractivity contribution is 6.79. The van der Waals surface area contributed by atoms with Crippen molar-refractivity contribution in [2.45, 2.75) is 6.55 Å². The Bertz CT molecular complexity index is 816. The van der Waals surface area contributed by atoms with Crippen LogP contribution in [0.4, 0.5) is 11.4 Å². The van der Waals surface area contributed by atoms with Crippen molar-refractivity contribution >= 4 is 36.9 Å². The summed E-state index contributed by atoms with van der Waals surface area (Å²) in [7, 11) is 0.773. The lowest BCUT2D eigenvalue weighted by molar-refractivity contribution is 0.0926. The van der Waals surface area contributed by atoms with Gasteiger partial charge in [0.05, 0.1) is 16.8 Å². The zero-order chi connectivity index (χ0) is 17.5. The molecule has 0 saturated carbocycles. The standard InChI is InChI=1S/C17H18N2O4Si/c1-22-24(3,23-2)13-7-5-12(6-8-13)19-16(20)14-9-4-11(18)10-15(14)17(19)21/h4-10H,18H2,1-3H3. The van der Waals surface area contributed by atoms with Crippen molar-refractivity contribution in [2.24, 2.45) is 0 Å². The molecule has 2 N–H and O–H groups in total. The minimum absolute atomic E-state index is 0.331. The largest absolute Gasteiger partial charge is 0.399 e. The molecule has 0 radical (unpaired) electrons. The number of rotatable bonds is 4. The molecule has 0 atom stereocenters. The molecule has 0 saturated heterocycles. The Kier molecular flexibility index (Phi) is 4.00. The van der Waals surface area contributed by atoms with Crippen LogP contribution in [-0.4, -0.2) is 34.6 Å². The maximum Gasteiger partial charge on any atom is 0.368 e. The summed E-state index contributed by atoms with van der Waals surface area (Å²) in [6, 6.07) is 11.8. The lowest BCUT2D eigenvalue weighted by Crippen LogP contribution is -2.49. The van der Waals surface area contributed by atoms with Crippen LogP contribution in [0.5, 0.6) is 0 Å². The monoisotopic (exact) mass is 342 g/mol. The molecule has 0 unspecified atom stereocenters. The van der Waals surface area contributed by atoms with Crippen molar-refractivity contribution in [2.75, 3.05) is 24.9 Å². The third-order valence-electron chi connectivity index (χ3n) is 4.34. The normalized spacial score (nSPS) is 14.2. The molecule has 0 fully saturated rings. The van der Waals surface area contributed by atoms with E-state index in [0.29, 0.717) is 22.5 Å². The van der Waals surface area contributed by atoms with E-state index in [-0.39, 0.29) is 11.8 Å².